The Morgan fingerprint density at radius 1 is 1.19 bits per heavy atom. The summed E-state index contributed by atoms with van der Waals surface area (Å²) in [5.74, 6) is 1.75. The van der Waals surface area contributed by atoms with E-state index in [0.717, 1.165) is 17.7 Å². The molecule has 140 valence electrons. The zero-order chi connectivity index (χ0) is 18.4. The van der Waals surface area contributed by atoms with E-state index >= 15 is 0 Å². The van der Waals surface area contributed by atoms with Gasteiger partial charge in [0, 0.05) is 12.7 Å². The second-order valence-electron chi connectivity index (χ2n) is 5.86. The highest BCUT2D eigenvalue weighted by atomic mass is 16.5. The van der Waals surface area contributed by atoms with Crippen LogP contribution in [0, 0.1) is 0 Å². The molecule has 1 aliphatic heterocycles. The summed E-state index contributed by atoms with van der Waals surface area (Å²) in [7, 11) is 3.05. The number of rotatable bonds is 7. The van der Waals surface area contributed by atoms with Gasteiger partial charge in [0.25, 0.3) is 0 Å². The number of methoxy groups -OCH3 is 2. The average molecular weight is 361 g/mol. The molecule has 3 rings (SSSR count). The Morgan fingerprint density at radius 3 is 2.69 bits per heavy atom. The number of anilines is 1. The summed E-state index contributed by atoms with van der Waals surface area (Å²) in [6.07, 6.45) is 0.587. The Kier molecular flexibility index (Phi) is 6.08. The van der Waals surface area contributed by atoms with E-state index in [0.29, 0.717) is 24.9 Å². The quantitative estimate of drug-likeness (QED) is 0.768. The monoisotopic (exact) mass is 361 g/mol. The third kappa shape index (κ3) is 4.53. The van der Waals surface area contributed by atoms with Crippen LogP contribution in [0.3, 0.4) is 0 Å². The molecule has 1 saturated heterocycles. The SMILES string of the molecule is COc1cc(N[C@@H]2CCOC[C@H]2Oc2ccc(CO)cc2)nc(OC)n1. The number of nitrogens with zero attached hydrogens (tertiary/aromatic N) is 2. The van der Waals surface area contributed by atoms with Crippen molar-refractivity contribution in [3.8, 4) is 17.6 Å². The summed E-state index contributed by atoms with van der Waals surface area (Å²) in [4.78, 5) is 8.40. The molecule has 26 heavy (non-hydrogen) atoms. The molecule has 0 radical (unpaired) electrons. The number of ether oxygens (including phenoxy) is 4. The summed E-state index contributed by atoms with van der Waals surface area (Å²) in [6.45, 7) is 1.12. The molecular formula is C18H23N3O5. The van der Waals surface area contributed by atoms with Crippen LogP contribution < -0.4 is 19.5 Å². The van der Waals surface area contributed by atoms with Crippen molar-refractivity contribution in [2.45, 2.75) is 25.2 Å². The number of nitrogens with one attached hydrogen (secondary N) is 1. The second-order valence-corrected chi connectivity index (χ2v) is 5.86. The van der Waals surface area contributed by atoms with Gasteiger partial charge in [-0.05, 0) is 24.1 Å². The molecule has 8 heteroatoms. The van der Waals surface area contributed by atoms with E-state index in [1.54, 1.807) is 13.2 Å². The third-order valence-electron chi connectivity index (χ3n) is 4.10. The Morgan fingerprint density at radius 2 is 2.00 bits per heavy atom. The van der Waals surface area contributed by atoms with Crippen molar-refractivity contribution in [2.24, 2.45) is 0 Å². The zero-order valence-corrected chi connectivity index (χ0v) is 14.8. The molecule has 0 bridgehead atoms. The number of aromatic nitrogens is 2. The largest absolute Gasteiger partial charge is 0.486 e. The first kappa shape index (κ1) is 18.2. The van der Waals surface area contributed by atoms with Gasteiger partial charge in [0.1, 0.15) is 17.7 Å². The lowest BCUT2D eigenvalue weighted by Gasteiger charge is -2.32. The van der Waals surface area contributed by atoms with Crippen LogP contribution >= 0.6 is 0 Å². The molecule has 1 aromatic carbocycles. The van der Waals surface area contributed by atoms with Crippen molar-refractivity contribution in [1.29, 1.82) is 0 Å². The standard InChI is InChI=1S/C18H23N3O5/c1-23-17-9-16(20-18(21-17)24-2)19-14-7-8-25-11-15(14)26-13-5-3-12(10-22)4-6-13/h3-6,9,14-15,22H,7-8,10-11H2,1-2H3,(H,19,20,21)/t14-,15-/m1/s1. The Balaban J connectivity index is 1.72. The molecule has 1 aromatic heterocycles. The van der Waals surface area contributed by atoms with E-state index in [4.69, 9.17) is 24.1 Å². The van der Waals surface area contributed by atoms with Gasteiger partial charge < -0.3 is 29.4 Å². The fourth-order valence-electron chi connectivity index (χ4n) is 2.70. The van der Waals surface area contributed by atoms with Crippen molar-refractivity contribution < 1.29 is 24.1 Å². The normalized spacial score (nSPS) is 19.7. The van der Waals surface area contributed by atoms with E-state index < -0.39 is 0 Å². The third-order valence-corrected chi connectivity index (χ3v) is 4.10. The van der Waals surface area contributed by atoms with Crippen molar-refractivity contribution >= 4 is 5.82 Å². The maximum Gasteiger partial charge on any atom is 0.321 e. The first-order chi connectivity index (χ1) is 12.7. The maximum atomic E-state index is 9.14. The van der Waals surface area contributed by atoms with Crippen LogP contribution in [-0.2, 0) is 11.3 Å². The molecule has 0 saturated carbocycles. The van der Waals surface area contributed by atoms with Gasteiger partial charge in [-0.1, -0.05) is 12.1 Å². The average Bonchev–Trinajstić information content (AvgIpc) is 2.69. The number of hydrogen-bond donors (Lipinski definition) is 2. The fourth-order valence-corrected chi connectivity index (χ4v) is 2.70. The van der Waals surface area contributed by atoms with Gasteiger partial charge in [-0.3, -0.25) is 0 Å². The number of aliphatic hydroxyl groups is 1. The Bertz CT molecular complexity index is 688. The fraction of sp³-hybridized carbons (Fsp3) is 0.444. The van der Waals surface area contributed by atoms with E-state index in [2.05, 4.69) is 15.3 Å². The van der Waals surface area contributed by atoms with Crippen LogP contribution in [0.5, 0.6) is 17.6 Å². The molecule has 0 amide bonds. The molecule has 0 aliphatic carbocycles. The molecule has 2 atom stereocenters. The molecule has 1 aliphatic rings. The van der Waals surface area contributed by atoms with Gasteiger partial charge in [0.2, 0.25) is 5.88 Å². The second kappa shape index (κ2) is 8.68. The lowest BCUT2D eigenvalue weighted by molar-refractivity contribution is -0.000651. The molecule has 2 aromatic rings. The maximum absolute atomic E-state index is 9.14. The van der Waals surface area contributed by atoms with E-state index in [1.807, 2.05) is 24.3 Å². The Hall–Kier alpha value is -2.58. The van der Waals surface area contributed by atoms with Crippen LogP contribution in [0.4, 0.5) is 5.82 Å². The molecule has 0 spiro atoms. The summed E-state index contributed by atoms with van der Waals surface area (Å²) in [5.41, 5.74) is 0.840. The molecule has 1 fully saturated rings. The first-order valence-corrected chi connectivity index (χ1v) is 8.39. The molecule has 8 nitrogen and oxygen atoms in total. The number of hydrogen-bond acceptors (Lipinski definition) is 8. The highest BCUT2D eigenvalue weighted by Gasteiger charge is 2.28. The summed E-state index contributed by atoms with van der Waals surface area (Å²) in [6, 6.07) is 9.30. The minimum Gasteiger partial charge on any atom is -0.486 e. The van der Waals surface area contributed by atoms with Gasteiger partial charge in [0.05, 0.1) is 33.5 Å². The molecular weight excluding hydrogens is 338 g/mol. The van der Waals surface area contributed by atoms with Gasteiger partial charge >= 0.3 is 6.01 Å². The van der Waals surface area contributed by atoms with Crippen molar-refractivity contribution in [3.05, 3.63) is 35.9 Å². The highest BCUT2D eigenvalue weighted by Crippen LogP contribution is 2.23. The van der Waals surface area contributed by atoms with Gasteiger partial charge in [-0.15, -0.1) is 0 Å². The Labute approximate surface area is 152 Å². The van der Waals surface area contributed by atoms with Crippen molar-refractivity contribution in [1.82, 2.24) is 9.97 Å². The van der Waals surface area contributed by atoms with Crippen LogP contribution in [0.1, 0.15) is 12.0 Å². The van der Waals surface area contributed by atoms with Crippen LogP contribution in [-0.4, -0.2) is 54.7 Å². The lowest BCUT2D eigenvalue weighted by Crippen LogP contribution is -2.45. The van der Waals surface area contributed by atoms with E-state index in [-0.39, 0.29) is 24.8 Å². The molecule has 2 N–H and O–H groups in total. The first-order valence-electron chi connectivity index (χ1n) is 8.39. The summed E-state index contributed by atoms with van der Waals surface area (Å²) < 4.78 is 21.9. The van der Waals surface area contributed by atoms with Crippen molar-refractivity contribution in [3.63, 3.8) is 0 Å². The molecule has 2 heterocycles. The van der Waals surface area contributed by atoms with E-state index in [1.165, 1.54) is 7.11 Å². The smallest absolute Gasteiger partial charge is 0.321 e. The zero-order valence-electron chi connectivity index (χ0n) is 14.8. The van der Waals surface area contributed by atoms with Crippen LogP contribution in [0.15, 0.2) is 30.3 Å². The summed E-state index contributed by atoms with van der Waals surface area (Å²) in [5, 5.41) is 12.5. The van der Waals surface area contributed by atoms with Gasteiger partial charge in [0.15, 0.2) is 0 Å². The minimum atomic E-state index is -0.185. The van der Waals surface area contributed by atoms with Gasteiger partial charge in [-0.2, -0.15) is 9.97 Å². The van der Waals surface area contributed by atoms with E-state index in [9.17, 15) is 0 Å². The summed E-state index contributed by atoms with van der Waals surface area (Å²) >= 11 is 0. The number of aliphatic hydroxyl groups excluding tert-OH is 1. The highest BCUT2D eigenvalue weighted by molar-refractivity contribution is 5.41. The van der Waals surface area contributed by atoms with Crippen LogP contribution in [0.2, 0.25) is 0 Å². The van der Waals surface area contributed by atoms with Crippen molar-refractivity contribution in [2.75, 3.05) is 32.8 Å². The van der Waals surface area contributed by atoms with Gasteiger partial charge in [-0.25, -0.2) is 0 Å². The predicted octanol–water partition coefficient (Wildman–Crippen LogP) is 1.63. The van der Waals surface area contributed by atoms with Crippen LogP contribution in [0.25, 0.3) is 0 Å². The predicted molar refractivity (Wildman–Crippen MR) is 94.8 cm³/mol. The minimum absolute atomic E-state index is 0.00517. The lowest BCUT2D eigenvalue weighted by atomic mass is 10.1. The topological polar surface area (TPSA) is 95.0 Å². The number of benzene rings is 1. The molecule has 0 unspecified atom stereocenters.